The highest BCUT2D eigenvalue weighted by Crippen LogP contribution is 2.17. The van der Waals surface area contributed by atoms with E-state index < -0.39 is 10.0 Å². The summed E-state index contributed by atoms with van der Waals surface area (Å²) in [4.78, 5) is 11.7. The number of amides is 1. The Labute approximate surface area is 119 Å². The first-order valence-corrected chi connectivity index (χ1v) is 8.14. The molecule has 0 saturated heterocycles. The molecule has 0 bridgehead atoms. The molecule has 1 aromatic carbocycles. The first-order chi connectivity index (χ1) is 9.38. The number of nitrogens with one attached hydrogen (secondary N) is 2. The van der Waals surface area contributed by atoms with E-state index in [2.05, 4.69) is 10.0 Å². The van der Waals surface area contributed by atoms with Crippen molar-refractivity contribution in [3.63, 3.8) is 0 Å². The molecule has 0 saturated carbocycles. The van der Waals surface area contributed by atoms with Crippen LogP contribution in [0.4, 0.5) is 11.4 Å². The molecule has 0 radical (unpaired) electrons. The minimum absolute atomic E-state index is 0.0633. The molecule has 1 unspecified atom stereocenters. The molecular weight excluding hydrogens is 278 g/mol. The van der Waals surface area contributed by atoms with E-state index in [0.29, 0.717) is 17.8 Å². The fourth-order valence-electron chi connectivity index (χ4n) is 1.53. The lowest BCUT2D eigenvalue weighted by Crippen LogP contribution is -2.26. The van der Waals surface area contributed by atoms with E-state index in [9.17, 15) is 13.2 Å². The highest BCUT2D eigenvalue weighted by molar-refractivity contribution is 7.92. The number of carbonyl (C=O) groups is 1. The Morgan fingerprint density at radius 3 is 2.60 bits per heavy atom. The predicted molar refractivity (Wildman–Crippen MR) is 81.0 cm³/mol. The number of benzene rings is 1. The van der Waals surface area contributed by atoms with Crippen LogP contribution in [0.1, 0.15) is 20.3 Å². The molecule has 112 valence electrons. The van der Waals surface area contributed by atoms with Gasteiger partial charge in [0.15, 0.2) is 0 Å². The lowest BCUT2D eigenvalue weighted by Gasteiger charge is -2.12. The summed E-state index contributed by atoms with van der Waals surface area (Å²) in [6.45, 7) is 3.78. The van der Waals surface area contributed by atoms with Crippen molar-refractivity contribution in [2.75, 3.05) is 22.3 Å². The summed E-state index contributed by atoms with van der Waals surface area (Å²) in [5, 5.41) is 2.70. The second kappa shape index (κ2) is 7.25. The van der Waals surface area contributed by atoms with Gasteiger partial charge in [-0.2, -0.15) is 0 Å². The first-order valence-electron chi connectivity index (χ1n) is 6.49. The molecule has 0 fully saturated rings. The SMILES string of the molecule is CCCS(=O)(=O)Nc1cccc(NC(=O)C(C)CN)c1. The van der Waals surface area contributed by atoms with Crippen LogP contribution in [0.3, 0.4) is 0 Å². The van der Waals surface area contributed by atoms with Gasteiger partial charge in [0.2, 0.25) is 15.9 Å². The zero-order valence-electron chi connectivity index (χ0n) is 11.7. The van der Waals surface area contributed by atoms with Crippen LogP contribution in [0, 0.1) is 5.92 Å². The second-order valence-corrected chi connectivity index (χ2v) is 6.47. The smallest absolute Gasteiger partial charge is 0.232 e. The molecule has 1 rings (SSSR count). The Bertz CT molecular complexity index is 558. The van der Waals surface area contributed by atoms with Gasteiger partial charge in [-0.15, -0.1) is 0 Å². The second-order valence-electron chi connectivity index (χ2n) is 4.63. The van der Waals surface area contributed by atoms with E-state index in [1.165, 1.54) is 0 Å². The largest absolute Gasteiger partial charge is 0.330 e. The number of carbonyl (C=O) groups excluding carboxylic acids is 1. The molecule has 1 amide bonds. The van der Waals surface area contributed by atoms with Gasteiger partial charge >= 0.3 is 0 Å². The average Bonchev–Trinajstić information content (AvgIpc) is 2.37. The minimum atomic E-state index is -3.33. The van der Waals surface area contributed by atoms with Gasteiger partial charge in [0, 0.05) is 18.2 Å². The summed E-state index contributed by atoms with van der Waals surface area (Å²) in [5.74, 6) is -0.426. The van der Waals surface area contributed by atoms with Crippen LogP contribution in [0.5, 0.6) is 0 Å². The third kappa shape index (κ3) is 5.18. The number of hydrogen-bond donors (Lipinski definition) is 3. The predicted octanol–water partition coefficient (Wildman–Crippen LogP) is 1.37. The lowest BCUT2D eigenvalue weighted by molar-refractivity contribution is -0.119. The van der Waals surface area contributed by atoms with Crippen molar-refractivity contribution in [2.45, 2.75) is 20.3 Å². The third-order valence-corrected chi connectivity index (χ3v) is 4.17. The van der Waals surface area contributed by atoms with Gasteiger partial charge in [-0.3, -0.25) is 9.52 Å². The quantitative estimate of drug-likeness (QED) is 0.707. The van der Waals surface area contributed by atoms with Crippen molar-refractivity contribution in [2.24, 2.45) is 11.7 Å². The molecule has 4 N–H and O–H groups in total. The maximum Gasteiger partial charge on any atom is 0.232 e. The van der Waals surface area contributed by atoms with Gasteiger partial charge in [-0.05, 0) is 24.6 Å². The number of hydrogen-bond acceptors (Lipinski definition) is 4. The summed E-state index contributed by atoms with van der Waals surface area (Å²) in [7, 11) is -3.33. The molecule has 0 aliphatic carbocycles. The summed E-state index contributed by atoms with van der Waals surface area (Å²) in [6, 6.07) is 6.58. The van der Waals surface area contributed by atoms with Crippen LogP contribution in [0.15, 0.2) is 24.3 Å². The first kappa shape index (κ1) is 16.5. The van der Waals surface area contributed by atoms with Crippen LogP contribution in [-0.4, -0.2) is 26.6 Å². The highest BCUT2D eigenvalue weighted by Gasteiger charge is 2.12. The molecule has 0 spiro atoms. The molecule has 20 heavy (non-hydrogen) atoms. The molecule has 0 aromatic heterocycles. The van der Waals surface area contributed by atoms with Crippen LogP contribution in [-0.2, 0) is 14.8 Å². The van der Waals surface area contributed by atoms with E-state index in [4.69, 9.17) is 5.73 Å². The zero-order valence-corrected chi connectivity index (χ0v) is 12.5. The Hall–Kier alpha value is -1.60. The molecule has 1 aromatic rings. The Kier molecular flexibility index (Phi) is 5.97. The Morgan fingerprint density at radius 2 is 2.00 bits per heavy atom. The van der Waals surface area contributed by atoms with E-state index in [0.717, 1.165) is 0 Å². The van der Waals surface area contributed by atoms with Gasteiger partial charge in [0.05, 0.1) is 11.4 Å². The fourth-order valence-corrected chi connectivity index (χ4v) is 2.66. The molecule has 0 aliphatic rings. The monoisotopic (exact) mass is 299 g/mol. The fraction of sp³-hybridized carbons (Fsp3) is 0.462. The lowest BCUT2D eigenvalue weighted by atomic mass is 10.1. The van der Waals surface area contributed by atoms with Crippen molar-refractivity contribution >= 4 is 27.3 Å². The highest BCUT2D eigenvalue weighted by atomic mass is 32.2. The Morgan fingerprint density at radius 1 is 1.35 bits per heavy atom. The molecule has 1 atom stereocenters. The van der Waals surface area contributed by atoms with Gasteiger partial charge < -0.3 is 11.1 Å². The van der Waals surface area contributed by atoms with E-state index in [1.807, 2.05) is 0 Å². The summed E-state index contributed by atoms with van der Waals surface area (Å²) in [6.07, 6.45) is 0.541. The maximum absolute atomic E-state index is 11.7. The molecule has 6 nitrogen and oxygen atoms in total. The van der Waals surface area contributed by atoms with Crippen molar-refractivity contribution < 1.29 is 13.2 Å². The van der Waals surface area contributed by atoms with E-state index >= 15 is 0 Å². The number of anilines is 2. The van der Waals surface area contributed by atoms with Crippen LogP contribution < -0.4 is 15.8 Å². The third-order valence-electron chi connectivity index (χ3n) is 2.68. The van der Waals surface area contributed by atoms with Crippen LogP contribution in [0.25, 0.3) is 0 Å². The van der Waals surface area contributed by atoms with Crippen molar-refractivity contribution in [1.29, 1.82) is 0 Å². The number of sulfonamides is 1. The Balaban J connectivity index is 2.79. The van der Waals surface area contributed by atoms with Crippen molar-refractivity contribution in [1.82, 2.24) is 0 Å². The average molecular weight is 299 g/mol. The zero-order chi connectivity index (χ0) is 15.2. The van der Waals surface area contributed by atoms with Crippen LogP contribution >= 0.6 is 0 Å². The molecule has 7 heteroatoms. The van der Waals surface area contributed by atoms with E-state index in [-0.39, 0.29) is 24.1 Å². The maximum atomic E-state index is 11.7. The summed E-state index contributed by atoms with van der Waals surface area (Å²) in [5.41, 5.74) is 6.38. The topological polar surface area (TPSA) is 101 Å². The van der Waals surface area contributed by atoms with Crippen LogP contribution in [0.2, 0.25) is 0 Å². The molecule has 0 aliphatic heterocycles. The summed E-state index contributed by atoms with van der Waals surface area (Å²) < 4.78 is 25.8. The normalized spacial score (nSPS) is 12.8. The van der Waals surface area contributed by atoms with Gasteiger partial charge in [-0.25, -0.2) is 8.42 Å². The summed E-state index contributed by atoms with van der Waals surface area (Å²) >= 11 is 0. The number of rotatable bonds is 7. The van der Waals surface area contributed by atoms with Gasteiger partial charge in [-0.1, -0.05) is 19.9 Å². The van der Waals surface area contributed by atoms with Gasteiger partial charge in [0.25, 0.3) is 0 Å². The van der Waals surface area contributed by atoms with E-state index in [1.54, 1.807) is 38.1 Å². The van der Waals surface area contributed by atoms with Gasteiger partial charge in [0.1, 0.15) is 0 Å². The van der Waals surface area contributed by atoms with Crippen molar-refractivity contribution in [3.05, 3.63) is 24.3 Å². The molecular formula is C13H21N3O3S. The standard InChI is InChI=1S/C13H21N3O3S/c1-3-7-20(18,19)16-12-6-4-5-11(8-12)15-13(17)10(2)9-14/h4-6,8,10,16H,3,7,9,14H2,1-2H3,(H,15,17). The van der Waals surface area contributed by atoms with Crippen molar-refractivity contribution in [3.8, 4) is 0 Å². The molecule has 0 heterocycles. The minimum Gasteiger partial charge on any atom is -0.330 e. The number of nitrogens with two attached hydrogens (primary N) is 1.